The van der Waals surface area contributed by atoms with Crippen LogP contribution >= 0.6 is 23.2 Å². The molecule has 3 aromatic rings. The van der Waals surface area contributed by atoms with Crippen LogP contribution in [0, 0.1) is 0 Å². The Morgan fingerprint density at radius 1 is 0.844 bits per heavy atom. The third kappa shape index (κ3) is 5.26. The van der Waals surface area contributed by atoms with E-state index in [0.717, 1.165) is 29.8 Å². The number of amides is 2. The summed E-state index contributed by atoms with van der Waals surface area (Å²) in [5, 5.41) is 4.56. The molecule has 1 aliphatic heterocycles. The normalized spacial score (nSPS) is 15.6. The van der Waals surface area contributed by atoms with Gasteiger partial charge in [0.25, 0.3) is 0 Å². The van der Waals surface area contributed by atoms with Crippen molar-refractivity contribution in [1.29, 1.82) is 0 Å². The molecule has 1 saturated heterocycles. The molecular weight excluding hydrogens is 441 g/mol. The average Bonchev–Trinajstić information content (AvgIpc) is 2.83. The summed E-state index contributed by atoms with van der Waals surface area (Å²) in [7, 11) is 0. The topological polar surface area (TPSA) is 35.6 Å². The molecule has 1 heterocycles. The van der Waals surface area contributed by atoms with Crippen LogP contribution in [0.5, 0.6) is 0 Å². The Hall–Kier alpha value is -2.53. The number of carbonyl (C=O) groups excluding carboxylic acids is 1. The Kier molecular flexibility index (Phi) is 7.36. The van der Waals surface area contributed by atoms with Gasteiger partial charge < -0.3 is 10.2 Å². The van der Waals surface area contributed by atoms with Gasteiger partial charge >= 0.3 is 6.03 Å². The fraction of sp³-hybridized carbons (Fsp3) is 0.269. The summed E-state index contributed by atoms with van der Waals surface area (Å²) in [6, 6.07) is 25.7. The van der Waals surface area contributed by atoms with E-state index in [1.54, 1.807) is 6.07 Å². The lowest BCUT2D eigenvalue weighted by Gasteiger charge is -2.39. The van der Waals surface area contributed by atoms with E-state index in [4.69, 9.17) is 23.2 Å². The third-order valence-corrected chi connectivity index (χ3v) is 6.66. The van der Waals surface area contributed by atoms with Gasteiger partial charge in [0.05, 0.1) is 6.04 Å². The number of benzene rings is 3. The number of hydrogen-bond donors (Lipinski definition) is 1. The Balaban J connectivity index is 1.41. The minimum absolute atomic E-state index is 0.0421. The predicted octanol–water partition coefficient (Wildman–Crippen LogP) is 6.17. The zero-order valence-corrected chi connectivity index (χ0v) is 19.6. The number of rotatable bonds is 5. The molecule has 0 saturated carbocycles. The summed E-state index contributed by atoms with van der Waals surface area (Å²) in [6.07, 6.45) is 0. The van der Waals surface area contributed by atoms with Crippen LogP contribution in [0.2, 0.25) is 10.0 Å². The van der Waals surface area contributed by atoms with Gasteiger partial charge in [-0.25, -0.2) is 4.79 Å². The van der Waals surface area contributed by atoms with Gasteiger partial charge in [0.15, 0.2) is 0 Å². The van der Waals surface area contributed by atoms with E-state index in [9.17, 15) is 4.79 Å². The SMILES string of the molecule is CC(c1ccc(Cl)cc1Cl)N1CCN(C(=O)NC(c2ccccc2)c2ccccc2)CC1. The first-order chi connectivity index (χ1) is 15.5. The lowest BCUT2D eigenvalue weighted by atomic mass is 9.99. The number of nitrogens with zero attached hydrogens (tertiary/aromatic N) is 2. The van der Waals surface area contributed by atoms with Crippen molar-refractivity contribution in [2.24, 2.45) is 0 Å². The second kappa shape index (κ2) is 10.4. The summed E-state index contributed by atoms with van der Waals surface area (Å²) in [4.78, 5) is 17.4. The smallest absolute Gasteiger partial charge is 0.318 e. The lowest BCUT2D eigenvalue weighted by molar-refractivity contribution is 0.113. The van der Waals surface area contributed by atoms with E-state index in [1.807, 2.05) is 77.7 Å². The van der Waals surface area contributed by atoms with Crippen LogP contribution in [-0.4, -0.2) is 42.0 Å². The second-order valence-corrected chi connectivity index (χ2v) is 8.91. The van der Waals surface area contributed by atoms with Gasteiger partial charge in [-0.05, 0) is 35.7 Å². The molecule has 6 heteroatoms. The maximum Gasteiger partial charge on any atom is 0.318 e. The molecule has 0 radical (unpaired) electrons. The maximum absolute atomic E-state index is 13.2. The van der Waals surface area contributed by atoms with Crippen LogP contribution in [0.3, 0.4) is 0 Å². The largest absolute Gasteiger partial charge is 0.327 e. The highest BCUT2D eigenvalue weighted by Gasteiger charge is 2.27. The summed E-state index contributed by atoms with van der Waals surface area (Å²) >= 11 is 12.5. The summed E-state index contributed by atoms with van der Waals surface area (Å²) in [6.45, 7) is 5.05. The van der Waals surface area contributed by atoms with Gasteiger partial charge in [0, 0.05) is 42.3 Å². The molecule has 1 atom stereocenters. The summed E-state index contributed by atoms with van der Waals surface area (Å²) < 4.78 is 0. The molecule has 1 N–H and O–H groups in total. The first-order valence-electron chi connectivity index (χ1n) is 10.9. The van der Waals surface area contributed by atoms with Gasteiger partial charge in [0.1, 0.15) is 0 Å². The summed E-state index contributed by atoms with van der Waals surface area (Å²) in [5.74, 6) is 0. The number of halogens is 2. The van der Waals surface area contributed by atoms with Crippen LogP contribution in [0.1, 0.15) is 35.7 Å². The molecule has 1 aliphatic rings. The zero-order valence-electron chi connectivity index (χ0n) is 18.0. The minimum Gasteiger partial charge on any atom is -0.327 e. The quantitative estimate of drug-likeness (QED) is 0.486. The number of piperazine rings is 1. The van der Waals surface area contributed by atoms with Crippen molar-refractivity contribution in [1.82, 2.24) is 15.1 Å². The highest BCUT2D eigenvalue weighted by Crippen LogP contribution is 2.30. The molecule has 1 unspecified atom stereocenters. The minimum atomic E-state index is -0.185. The van der Waals surface area contributed by atoms with E-state index in [-0.39, 0.29) is 18.1 Å². The van der Waals surface area contributed by atoms with Crippen molar-refractivity contribution >= 4 is 29.2 Å². The maximum atomic E-state index is 13.2. The fourth-order valence-corrected chi connectivity index (χ4v) is 4.78. The van der Waals surface area contributed by atoms with Crippen molar-refractivity contribution in [3.05, 3.63) is 106 Å². The van der Waals surface area contributed by atoms with Crippen molar-refractivity contribution in [2.75, 3.05) is 26.2 Å². The van der Waals surface area contributed by atoms with Gasteiger partial charge in [-0.2, -0.15) is 0 Å². The average molecular weight is 468 g/mol. The molecule has 0 aromatic heterocycles. The predicted molar refractivity (Wildman–Crippen MR) is 131 cm³/mol. The molecule has 2 amide bonds. The summed E-state index contributed by atoms with van der Waals surface area (Å²) in [5.41, 5.74) is 3.19. The monoisotopic (exact) mass is 467 g/mol. The van der Waals surface area contributed by atoms with E-state index in [1.165, 1.54) is 0 Å². The van der Waals surface area contributed by atoms with Crippen LogP contribution in [-0.2, 0) is 0 Å². The lowest BCUT2D eigenvalue weighted by Crippen LogP contribution is -2.52. The number of urea groups is 1. The van der Waals surface area contributed by atoms with Crippen molar-refractivity contribution in [3.63, 3.8) is 0 Å². The van der Waals surface area contributed by atoms with Crippen LogP contribution in [0.4, 0.5) is 4.79 Å². The molecule has 166 valence electrons. The molecule has 3 aromatic carbocycles. The number of carbonyl (C=O) groups is 1. The Bertz CT molecular complexity index is 998. The fourth-order valence-electron chi connectivity index (χ4n) is 4.21. The molecule has 0 bridgehead atoms. The van der Waals surface area contributed by atoms with E-state index in [0.29, 0.717) is 23.1 Å². The zero-order chi connectivity index (χ0) is 22.5. The molecule has 0 aliphatic carbocycles. The number of nitrogens with one attached hydrogen (secondary N) is 1. The third-order valence-electron chi connectivity index (χ3n) is 6.10. The van der Waals surface area contributed by atoms with Crippen LogP contribution < -0.4 is 5.32 Å². The molecule has 4 rings (SSSR count). The molecule has 32 heavy (non-hydrogen) atoms. The molecular formula is C26H27Cl2N3O. The molecule has 1 fully saturated rings. The Morgan fingerprint density at radius 3 is 1.94 bits per heavy atom. The van der Waals surface area contributed by atoms with Gasteiger partial charge in [0.2, 0.25) is 0 Å². The van der Waals surface area contributed by atoms with Crippen molar-refractivity contribution < 1.29 is 4.79 Å². The van der Waals surface area contributed by atoms with E-state index >= 15 is 0 Å². The first kappa shape index (κ1) is 22.7. The van der Waals surface area contributed by atoms with Crippen molar-refractivity contribution in [2.45, 2.75) is 19.0 Å². The van der Waals surface area contributed by atoms with Crippen molar-refractivity contribution in [3.8, 4) is 0 Å². The highest BCUT2D eigenvalue weighted by molar-refractivity contribution is 6.35. The Morgan fingerprint density at radius 2 is 1.41 bits per heavy atom. The van der Waals surface area contributed by atoms with Crippen LogP contribution in [0.25, 0.3) is 0 Å². The molecule has 4 nitrogen and oxygen atoms in total. The first-order valence-corrected chi connectivity index (χ1v) is 11.6. The van der Waals surface area contributed by atoms with E-state index < -0.39 is 0 Å². The number of hydrogen-bond acceptors (Lipinski definition) is 2. The molecule has 0 spiro atoms. The highest BCUT2D eigenvalue weighted by atomic mass is 35.5. The van der Waals surface area contributed by atoms with Gasteiger partial charge in [-0.15, -0.1) is 0 Å². The standard InChI is InChI=1S/C26H27Cl2N3O/c1-19(23-13-12-22(27)18-24(23)28)30-14-16-31(17-15-30)26(32)29-25(20-8-4-2-5-9-20)21-10-6-3-7-11-21/h2-13,18-19,25H,14-17H2,1H3,(H,29,32). The van der Waals surface area contributed by atoms with Gasteiger partial charge in [-0.1, -0.05) is 89.9 Å². The second-order valence-electron chi connectivity index (χ2n) is 8.07. The van der Waals surface area contributed by atoms with Crippen LogP contribution in [0.15, 0.2) is 78.9 Å². The van der Waals surface area contributed by atoms with E-state index in [2.05, 4.69) is 17.1 Å². The van der Waals surface area contributed by atoms with Gasteiger partial charge in [-0.3, -0.25) is 4.90 Å². The Labute approximate surface area is 199 Å².